The summed E-state index contributed by atoms with van der Waals surface area (Å²) in [5.41, 5.74) is 6.06. The van der Waals surface area contributed by atoms with Crippen LogP contribution < -0.4 is 5.73 Å². The fraction of sp³-hybridized carbons (Fsp3) is 0.765. The molecule has 1 aliphatic heterocycles. The maximum atomic E-state index is 6.14. The standard InChI is InChI=1S/C17H27N3O/c1-12-10-14(12)16-4-5-17(21-16)15(11-18)20-8-6-19(7-9-20)13-2-3-13/h4-5,12-15H,2-3,6-11,18H2,1H3. The molecular weight excluding hydrogens is 262 g/mol. The second-order valence-corrected chi connectivity index (χ2v) is 7.11. The predicted molar refractivity (Wildman–Crippen MR) is 83.2 cm³/mol. The summed E-state index contributed by atoms with van der Waals surface area (Å²) in [6, 6.07) is 5.47. The maximum absolute atomic E-state index is 6.14. The summed E-state index contributed by atoms with van der Waals surface area (Å²) in [7, 11) is 0. The molecule has 0 bridgehead atoms. The molecule has 0 radical (unpaired) electrons. The van der Waals surface area contributed by atoms with Gasteiger partial charge in [0, 0.05) is 44.7 Å². The summed E-state index contributed by atoms with van der Waals surface area (Å²) < 4.78 is 6.14. The monoisotopic (exact) mass is 289 g/mol. The topological polar surface area (TPSA) is 45.6 Å². The van der Waals surface area contributed by atoms with Crippen molar-refractivity contribution in [2.75, 3.05) is 32.7 Å². The zero-order valence-electron chi connectivity index (χ0n) is 13.0. The SMILES string of the molecule is CC1CC1c1ccc(C(CN)N2CCN(C3CC3)CC2)o1. The Kier molecular flexibility index (Phi) is 3.56. The normalized spacial score (nSPS) is 32.3. The van der Waals surface area contributed by atoms with Crippen LogP contribution in [0.1, 0.15) is 49.7 Å². The van der Waals surface area contributed by atoms with Gasteiger partial charge in [0.25, 0.3) is 0 Å². The third-order valence-corrected chi connectivity index (χ3v) is 5.53. The molecule has 3 aliphatic rings. The van der Waals surface area contributed by atoms with Crippen molar-refractivity contribution in [2.45, 2.75) is 44.2 Å². The van der Waals surface area contributed by atoms with Gasteiger partial charge < -0.3 is 10.2 Å². The lowest BCUT2D eigenvalue weighted by molar-refractivity contribution is 0.0847. The summed E-state index contributed by atoms with van der Waals surface area (Å²) in [4.78, 5) is 5.15. The fourth-order valence-corrected chi connectivity index (χ4v) is 3.76. The highest BCUT2D eigenvalue weighted by Crippen LogP contribution is 2.47. The Hall–Kier alpha value is -0.840. The fourth-order valence-electron chi connectivity index (χ4n) is 3.76. The molecular formula is C17H27N3O. The Balaban J connectivity index is 1.40. The Labute approximate surface area is 127 Å². The van der Waals surface area contributed by atoms with Gasteiger partial charge in [0.15, 0.2) is 0 Å². The van der Waals surface area contributed by atoms with Gasteiger partial charge in [-0.05, 0) is 37.3 Å². The second-order valence-electron chi connectivity index (χ2n) is 7.11. The van der Waals surface area contributed by atoms with Gasteiger partial charge in [-0.25, -0.2) is 0 Å². The molecule has 116 valence electrons. The van der Waals surface area contributed by atoms with Gasteiger partial charge in [-0.2, -0.15) is 0 Å². The summed E-state index contributed by atoms with van der Waals surface area (Å²) in [6.07, 6.45) is 4.09. The largest absolute Gasteiger partial charge is 0.464 e. The Bertz CT molecular complexity index is 488. The molecule has 3 unspecified atom stereocenters. The highest BCUT2D eigenvalue weighted by molar-refractivity contribution is 5.19. The molecule has 2 saturated carbocycles. The first kappa shape index (κ1) is 13.8. The number of piperazine rings is 1. The van der Waals surface area contributed by atoms with Crippen LogP contribution in [0.4, 0.5) is 0 Å². The second kappa shape index (κ2) is 5.41. The maximum Gasteiger partial charge on any atom is 0.122 e. The van der Waals surface area contributed by atoms with Crippen LogP contribution in [0.3, 0.4) is 0 Å². The predicted octanol–water partition coefficient (Wildman–Crippen LogP) is 2.18. The molecule has 2 heterocycles. The average molecular weight is 289 g/mol. The van der Waals surface area contributed by atoms with Crippen molar-refractivity contribution < 1.29 is 4.42 Å². The van der Waals surface area contributed by atoms with Crippen LogP contribution in [0.5, 0.6) is 0 Å². The quantitative estimate of drug-likeness (QED) is 0.902. The van der Waals surface area contributed by atoms with Crippen LogP contribution in [0, 0.1) is 5.92 Å². The van der Waals surface area contributed by atoms with E-state index in [1.165, 1.54) is 38.1 Å². The number of nitrogens with two attached hydrogens (primary N) is 1. The highest BCUT2D eigenvalue weighted by atomic mass is 16.3. The highest BCUT2D eigenvalue weighted by Gasteiger charge is 2.38. The van der Waals surface area contributed by atoms with E-state index in [0.29, 0.717) is 12.5 Å². The minimum Gasteiger partial charge on any atom is -0.464 e. The number of hydrogen-bond donors (Lipinski definition) is 1. The van der Waals surface area contributed by atoms with E-state index < -0.39 is 0 Å². The molecule has 2 aliphatic carbocycles. The summed E-state index contributed by atoms with van der Waals surface area (Å²) in [5, 5.41) is 0. The molecule has 1 saturated heterocycles. The minimum absolute atomic E-state index is 0.258. The van der Waals surface area contributed by atoms with E-state index in [1.54, 1.807) is 0 Å². The molecule has 0 amide bonds. The third-order valence-electron chi connectivity index (χ3n) is 5.53. The first-order chi connectivity index (χ1) is 10.3. The van der Waals surface area contributed by atoms with E-state index in [4.69, 9.17) is 10.2 Å². The lowest BCUT2D eigenvalue weighted by atomic mass is 10.1. The number of hydrogen-bond acceptors (Lipinski definition) is 4. The van der Waals surface area contributed by atoms with Crippen LogP contribution in [0.15, 0.2) is 16.5 Å². The van der Waals surface area contributed by atoms with Crippen LogP contribution >= 0.6 is 0 Å². The van der Waals surface area contributed by atoms with E-state index in [2.05, 4.69) is 28.9 Å². The van der Waals surface area contributed by atoms with Gasteiger partial charge in [-0.15, -0.1) is 0 Å². The van der Waals surface area contributed by atoms with Gasteiger partial charge in [0.2, 0.25) is 0 Å². The van der Waals surface area contributed by atoms with Crippen LogP contribution in [0.25, 0.3) is 0 Å². The lowest BCUT2D eigenvalue weighted by Crippen LogP contribution is -2.49. The Morgan fingerprint density at radius 1 is 1.24 bits per heavy atom. The van der Waals surface area contributed by atoms with Crippen LogP contribution in [-0.4, -0.2) is 48.6 Å². The third kappa shape index (κ3) is 2.77. The van der Waals surface area contributed by atoms with E-state index in [0.717, 1.165) is 30.8 Å². The van der Waals surface area contributed by atoms with Crippen molar-refractivity contribution in [1.29, 1.82) is 0 Å². The molecule has 4 nitrogen and oxygen atoms in total. The first-order valence-electron chi connectivity index (χ1n) is 8.54. The summed E-state index contributed by atoms with van der Waals surface area (Å²) >= 11 is 0. The molecule has 3 atom stereocenters. The van der Waals surface area contributed by atoms with Crippen molar-refractivity contribution >= 4 is 0 Å². The zero-order valence-corrected chi connectivity index (χ0v) is 13.0. The van der Waals surface area contributed by atoms with E-state index in [-0.39, 0.29) is 6.04 Å². The van der Waals surface area contributed by atoms with Crippen molar-refractivity contribution in [3.63, 3.8) is 0 Å². The molecule has 1 aromatic rings. The Morgan fingerprint density at radius 3 is 2.52 bits per heavy atom. The van der Waals surface area contributed by atoms with Crippen molar-refractivity contribution in [2.24, 2.45) is 11.7 Å². The molecule has 4 rings (SSSR count). The number of rotatable bonds is 5. The number of furan rings is 1. The molecule has 21 heavy (non-hydrogen) atoms. The van der Waals surface area contributed by atoms with Crippen LogP contribution in [0.2, 0.25) is 0 Å². The molecule has 3 fully saturated rings. The van der Waals surface area contributed by atoms with E-state index in [1.807, 2.05) is 0 Å². The van der Waals surface area contributed by atoms with Gasteiger partial charge >= 0.3 is 0 Å². The Morgan fingerprint density at radius 2 is 1.95 bits per heavy atom. The van der Waals surface area contributed by atoms with Crippen molar-refractivity contribution in [3.05, 3.63) is 23.7 Å². The number of nitrogens with zero attached hydrogens (tertiary/aromatic N) is 2. The smallest absolute Gasteiger partial charge is 0.122 e. The zero-order chi connectivity index (χ0) is 14.4. The molecule has 4 heteroatoms. The van der Waals surface area contributed by atoms with Gasteiger partial charge in [0.05, 0.1) is 6.04 Å². The van der Waals surface area contributed by atoms with Gasteiger partial charge in [-0.3, -0.25) is 9.80 Å². The molecule has 0 aromatic carbocycles. The van der Waals surface area contributed by atoms with Gasteiger partial charge in [0.1, 0.15) is 11.5 Å². The van der Waals surface area contributed by atoms with Crippen LogP contribution in [-0.2, 0) is 0 Å². The van der Waals surface area contributed by atoms with Gasteiger partial charge in [-0.1, -0.05) is 6.92 Å². The van der Waals surface area contributed by atoms with Crippen molar-refractivity contribution in [3.8, 4) is 0 Å². The summed E-state index contributed by atoms with van der Waals surface area (Å²) in [5.74, 6) is 3.70. The average Bonchev–Trinajstić information content (AvgIpc) is 3.42. The van der Waals surface area contributed by atoms with E-state index in [9.17, 15) is 0 Å². The van der Waals surface area contributed by atoms with E-state index >= 15 is 0 Å². The van der Waals surface area contributed by atoms with Crippen molar-refractivity contribution in [1.82, 2.24) is 9.80 Å². The first-order valence-corrected chi connectivity index (χ1v) is 8.54. The minimum atomic E-state index is 0.258. The molecule has 1 aromatic heterocycles. The molecule has 0 spiro atoms. The summed E-state index contributed by atoms with van der Waals surface area (Å²) in [6.45, 7) is 7.56. The molecule has 2 N–H and O–H groups in total. The lowest BCUT2D eigenvalue weighted by Gasteiger charge is -2.38.